The molecule has 2 rings (SSSR count). The summed E-state index contributed by atoms with van der Waals surface area (Å²) in [5, 5.41) is 7.45. The zero-order valence-corrected chi connectivity index (χ0v) is 12.0. The van der Waals surface area contributed by atoms with Gasteiger partial charge in [-0.05, 0) is 64.5 Å². The Bertz CT molecular complexity index is 241. The zero-order valence-electron chi connectivity index (χ0n) is 12.0. The monoisotopic (exact) mass is 250 g/mol. The van der Waals surface area contributed by atoms with E-state index in [4.69, 9.17) is 0 Å². The van der Waals surface area contributed by atoms with Gasteiger partial charge in [0.05, 0.1) is 0 Å². The van der Waals surface area contributed by atoms with Crippen LogP contribution in [-0.2, 0) is 0 Å². The van der Waals surface area contributed by atoms with Gasteiger partial charge in [0.2, 0.25) is 0 Å². The number of rotatable bonds is 5. The van der Waals surface area contributed by atoms with Crippen LogP contribution in [0.15, 0.2) is 12.2 Å². The maximum Gasteiger partial charge on any atom is 0.00817 e. The Kier molecular flexibility index (Phi) is 6.22. The van der Waals surface area contributed by atoms with Crippen molar-refractivity contribution in [1.82, 2.24) is 10.6 Å². The quantitative estimate of drug-likeness (QED) is 0.732. The van der Waals surface area contributed by atoms with Crippen LogP contribution in [0.1, 0.15) is 58.3 Å². The highest BCUT2D eigenvalue weighted by Gasteiger charge is 2.16. The molecule has 0 bridgehead atoms. The fraction of sp³-hybridized carbons (Fsp3) is 0.875. The van der Waals surface area contributed by atoms with E-state index in [0.717, 1.165) is 12.0 Å². The van der Waals surface area contributed by atoms with Crippen molar-refractivity contribution in [3.05, 3.63) is 12.2 Å². The molecule has 0 aromatic heterocycles. The van der Waals surface area contributed by atoms with Crippen LogP contribution in [-0.4, -0.2) is 25.2 Å². The maximum absolute atomic E-state index is 3.75. The lowest BCUT2D eigenvalue weighted by atomic mass is 9.94. The van der Waals surface area contributed by atoms with E-state index in [0.29, 0.717) is 6.04 Å². The molecule has 1 aliphatic heterocycles. The van der Waals surface area contributed by atoms with Gasteiger partial charge in [-0.1, -0.05) is 25.0 Å². The summed E-state index contributed by atoms with van der Waals surface area (Å²) in [7, 11) is 0. The van der Waals surface area contributed by atoms with Gasteiger partial charge in [0.25, 0.3) is 0 Å². The van der Waals surface area contributed by atoms with Gasteiger partial charge in [-0.2, -0.15) is 0 Å². The minimum atomic E-state index is 0.659. The van der Waals surface area contributed by atoms with Crippen molar-refractivity contribution in [1.29, 1.82) is 0 Å². The van der Waals surface area contributed by atoms with E-state index in [-0.39, 0.29) is 0 Å². The molecule has 0 aromatic rings. The molecule has 3 unspecified atom stereocenters. The molecule has 1 fully saturated rings. The second-order valence-corrected chi connectivity index (χ2v) is 6.20. The Morgan fingerprint density at radius 2 is 2.17 bits per heavy atom. The lowest BCUT2D eigenvalue weighted by Crippen LogP contribution is -2.38. The molecule has 0 amide bonds. The maximum atomic E-state index is 3.75. The van der Waals surface area contributed by atoms with Gasteiger partial charge in [-0.3, -0.25) is 0 Å². The summed E-state index contributed by atoms with van der Waals surface area (Å²) in [5.74, 6) is 0.875. The van der Waals surface area contributed by atoms with Gasteiger partial charge >= 0.3 is 0 Å². The van der Waals surface area contributed by atoms with E-state index in [1.807, 2.05) is 0 Å². The van der Waals surface area contributed by atoms with Crippen molar-refractivity contribution in [2.24, 2.45) is 5.92 Å². The molecule has 2 aliphatic rings. The standard InChI is InChI=1S/C16H30N2/c1-14(12-16-10-6-3-7-11-17-16)18-13-15-8-4-2-5-9-15/h2,4,14-18H,3,5-13H2,1H3. The van der Waals surface area contributed by atoms with Crippen molar-refractivity contribution in [3.8, 4) is 0 Å². The van der Waals surface area contributed by atoms with Gasteiger partial charge < -0.3 is 10.6 Å². The third kappa shape index (κ3) is 5.11. The molecule has 2 nitrogen and oxygen atoms in total. The third-order valence-electron chi connectivity index (χ3n) is 4.43. The number of hydrogen-bond donors (Lipinski definition) is 2. The van der Waals surface area contributed by atoms with Crippen molar-refractivity contribution >= 4 is 0 Å². The van der Waals surface area contributed by atoms with Gasteiger partial charge in [0.1, 0.15) is 0 Å². The Balaban J connectivity index is 1.61. The molecule has 0 saturated carbocycles. The topological polar surface area (TPSA) is 24.1 Å². The Labute approximate surface area is 113 Å². The molecule has 1 saturated heterocycles. The SMILES string of the molecule is CC(CC1CCCCCN1)NCC1CC=CCC1. The van der Waals surface area contributed by atoms with Crippen molar-refractivity contribution in [2.45, 2.75) is 70.4 Å². The summed E-state index contributed by atoms with van der Waals surface area (Å²) < 4.78 is 0. The van der Waals surface area contributed by atoms with Gasteiger partial charge in [-0.15, -0.1) is 0 Å². The van der Waals surface area contributed by atoms with E-state index in [1.54, 1.807) is 0 Å². The van der Waals surface area contributed by atoms with E-state index >= 15 is 0 Å². The average molecular weight is 250 g/mol. The zero-order chi connectivity index (χ0) is 12.6. The van der Waals surface area contributed by atoms with E-state index < -0.39 is 0 Å². The predicted molar refractivity (Wildman–Crippen MR) is 78.8 cm³/mol. The predicted octanol–water partition coefficient (Wildman–Crippen LogP) is 3.24. The molecule has 0 radical (unpaired) electrons. The van der Waals surface area contributed by atoms with Gasteiger partial charge in [-0.25, -0.2) is 0 Å². The molecule has 2 heteroatoms. The highest BCUT2D eigenvalue weighted by Crippen LogP contribution is 2.18. The summed E-state index contributed by atoms with van der Waals surface area (Å²) in [6.07, 6.45) is 15.5. The largest absolute Gasteiger partial charge is 0.314 e. The summed E-state index contributed by atoms with van der Waals surface area (Å²) in [6, 6.07) is 1.41. The lowest BCUT2D eigenvalue weighted by Gasteiger charge is -2.24. The first-order valence-corrected chi connectivity index (χ1v) is 7.96. The van der Waals surface area contributed by atoms with Crippen molar-refractivity contribution < 1.29 is 0 Å². The van der Waals surface area contributed by atoms with E-state index in [1.165, 1.54) is 64.5 Å². The molecular formula is C16H30N2. The van der Waals surface area contributed by atoms with Crippen LogP contribution in [0, 0.1) is 5.92 Å². The van der Waals surface area contributed by atoms with Crippen molar-refractivity contribution in [2.75, 3.05) is 13.1 Å². The van der Waals surface area contributed by atoms with Crippen LogP contribution < -0.4 is 10.6 Å². The molecule has 1 aliphatic carbocycles. The number of nitrogens with one attached hydrogen (secondary N) is 2. The van der Waals surface area contributed by atoms with Crippen LogP contribution in [0.2, 0.25) is 0 Å². The average Bonchev–Trinajstić information content (AvgIpc) is 2.66. The normalized spacial score (nSPS) is 30.9. The first-order chi connectivity index (χ1) is 8.84. The summed E-state index contributed by atoms with van der Waals surface area (Å²) >= 11 is 0. The first kappa shape index (κ1) is 14.1. The first-order valence-electron chi connectivity index (χ1n) is 7.96. The fourth-order valence-corrected chi connectivity index (χ4v) is 3.22. The minimum Gasteiger partial charge on any atom is -0.314 e. The van der Waals surface area contributed by atoms with Crippen LogP contribution in [0.25, 0.3) is 0 Å². The van der Waals surface area contributed by atoms with Gasteiger partial charge in [0.15, 0.2) is 0 Å². The van der Waals surface area contributed by atoms with E-state index in [9.17, 15) is 0 Å². The fourth-order valence-electron chi connectivity index (χ4n) is 3.22. The molecule has 0 aromatic carbocycles. The molecular weight excluding hydrogens is 220 g/mol. The number of allylic oxidation sites excluding steroid dienone is 2. The Hall–Kier alpha value is -0.340. The van der Waals surface area contributed by atoms with Crippen LogP contribution in [0.3, 0.4) is 0 Å². The van der Waals surface area contributed by atoms with Crippen molar-refractivity contribution in [3.63, 3.8) is 0 Å². The summed E-state index contributed by atoms with van der Waals surface area (Å²) in [5.41, 5.74) is 0. The highest BCUT2D eigenvalue weighted by molar-refractivity contribution is 4.91. The highest BCUT2D eigenvalue weighted by atomic mass is 14.9. The molecule has 1 heterocycles. The van der Waals surface area contributed by atoms with Gasteiger partial charge in [0, 0.05) is 12.1 Å². The van der Waals surface area contributed by atoms with Crippen LogP contribution in [0.4, 0.5) is 0 Å². The second-order valence-electron chi connectivity index (χ2n) is 6.20. The Morgan fingerprint density at radius 1 is 1.22 bits per heavy atom. The smallest absolute Gasteiger partial charge is 0.00817 e. The van der Waals surface area contributed by atoms with E-state index in [2.05, 4.69) is 29.7 Å². The lowest BCUT2D eigenvalue weighted by molar-refractivity contribution is 0.365. The van der Waals surface area contributed by atoms with Crippen LogP contribution >= 0.6 is 0 Å². The molecule has 104 valence electrons. The second kappa shape index (κ2) is 7.96. The number of hydrogen-bond acceptors (Lipinski definition) is 2. The molecule has 0 spiro atoms. The summed E-state index contributed by atoms with van der Waals surface area (Å²) in [6.45, 7) is 4.79. The molecule has 2 N–H and O–H groups in total. The van der Waals surface area contributed by atoms with Crippen LogP contribution in [0.5, 0.6) is 0 Å². The Morgan fingerprint density at radius 3 is 3.00 bits per heavy atom. The minimum absolute atomic E-state index is 0.659. The molecule has 18 heavy (non-hydrogen) atoms. The summed E-state index contributed by atoms with van der Waals surface area (Å²) in [4.78, 5) is 0. The third-order valence-corrected chi connectivity index (χ3v) is 4.43. The molecule has 3 atom stereocenters.